The second kappa shape index (κ2) is 9.52. The molecule has 0 aliphatic heterocycles. The summed E-state index contributed by atoms with van der Waals surface area (Å²) in [6, 6.07) is 19.5. The van der Waals surface area contributed by atoms with Gasteiger partial charge in [-0.15, -0.1) is 5.10 Å². The van der Waals surface area contributed by atoms with Crippen LogP contribution in [0.25, 0.3) is 5.69 Å². The number of aryl methyl sites for hydroxylation is 3. The zero-order valence-corrected chi connectivity index (χ0v) is 18.9. The van der Waals surface area contributed by atoms with Gasteiger partial charge in [0.2, 0.25) is 11.9 Å². The summed E-state index contributed by atoms with van der Waals surface area (Å²) in [4.78, 5) is 29.5. The van der Waals surface area contributed by atoms with E-state index in [9.17, 15) is 9.59 Å². The fourth-order valence-electron chi connectivity index (χ4n) is 3.67. The first-order valence-electron chi connectivity index (χ1n) is 10.7. The Morgan fingerprint density at radius 1 is 0.939 bits per heavy atom. The normalized spacial score (nSPS) is 10.8. The van der Waals surface area contributed by atoms with Crippen molar-refractivity contribution in [2.24, 2.45) is 0 Å². The Kier molecular flexibility index (Phi) is 6.35. The molecule has 4 rings (SSSR count). The minimum atomic E-state index is -0.313. The van der Waals surface area contributed by atoms with Crippen molar-refractivity contribution in [1.29, 1.82) is 0 Å². The highest BCUT2D eigenvalue weighted by Gasteiger charge is 2.17. The lowest BCUT2D eigenvalue weighted by atomic mass is 10.1. The molecule has 0 bridgehead atoms. The van der Waals surface area contributed by atoms with E-state index in [4.69, 9.17) is 0 Å². The molecule has 0 saturated heterocycles. The van der Waals surface area contributed by atoms with Crippen LogP contribution in [0.5, 0.6) is 0 Å². The summed E-state index contributed by atoms with van der Waals surface area (Å²) in [5, 5.41) is 9.82. The minimum absolute atomic E-state index is 0.00710. The Hall–Kier alpha value is -4.20. The highest BCUT2D eigenvalue weighted by atomic mass is 16.2. The number of amides is 2. The van der Waals surface area contributed by atoms with Gasteiger partial charge in [0, 0.05) is 17.9 Å². The van der Waals surface area contributed by atoms with Gasteiger partial charge in [-0.2, -0.15) is 0 Å². The molecule has 0 unspecified atom stereocenters. The van der Waals surface area contributed by atoms with Crippen LogP contribution in [0, 0.1) is 20.8 Å². The molecule has 2 aromatic carbocycles. The Morgan fingerprint density at radius 3 is 2.39 bits per heavy atom. The molecule has 0 atom stereocenters. The molecule has 2 aromatic heterocycles. The minimum Gasteiger partial charge on any atom is -0.350 e. The highest BCUT2D eigenvalue weighted by molar-refractivity contribution is 6.06. The molecule has 2 heterocycles. The number of benzene rings is 2. The van der Waals surface area contributed by atoms with Crippen molar-refractivity contribution in [3.63, 3.8) is 0 Å². The molecule has 0 aliphatic rings. The molecule has 2 amide bonds. The number of carbonyl (C=O) groups is 2. The van der Waals surface area contributed by atoms with Gasteiger partial charge in [-0.05, 0) is 50.6 Å². The first-order valence-corrected chi connectivity index (χ1v) is 10.7. The van der Waals surface area contributed by atoms with E-state index in [-0.39, 0.29) is 24.3 Å². The molecule has 2 N–H and O–H groups in total. The van der Waals surface area contributed by atoms with Crippen LogP contribution in [-0.2, 0) is 17.9 Å². The van der Waals surface area contributed by atoms with Gasteiger partial charge in [-0.1, -0.05) is 42.0 Å². The predicted molar refractivity (Wildman–Crippen MR) is 126 cm³/mol. The Balaban J connectivity index is 1.44. The lowest BCUT2D eigenvalue weighted by molar-refractivity contribution is -0.122. The van der Waals surface area contributed by atoms with Gasteiger partial charge in [0.1, 0.15) is 12.9 Å². The van der Waals surface area contributed by atoms with Gasteiger partial charge in [0.15, 0.2) is 0 Å². The maximum Gasteiger partial charge on any atom is 0.260 e. The first kappa shape index (κ1) is 22.0. The number of anilines is 1. The van der Waals surface area contributed by atoms with Crippen LogP contribution in [0.4, 0.5) is 5.95 Å². The zero-order valence-electron chi connectivity index (χ0n) is 18.9. The maximum atomic E-state index is 13.1. The average Bonchev–Trinajstić information content (AvgIpc) is 3.38. The average molecular weight is 443 g/mol. The summed E-state index contributed by atoms with van der Waals surface area (Å²) in [7, 11) is 0. The van der Waals surface area contributed by atoms with Crippen molar-refractivity contribution in [3.8, 4) is 5.69 Å². The van der Waals surface area contributed by atoms with E-state index in [2.05, 4.69) is 20.7 Å². The van der Waals surface area contributed by atoms with Crippen molar-refractivity contribution in [2.45, 2.75) is 33.9 Å². The molecule has 0 aliphatic carbocycles. The third kappa shape index (κ3) is 5.17. The van der Waals surface area contributed by atoms with E-state index in [1.165, 1.54) is 11.0 Å². The molecule has 168 valence electrons. The number of nitrogens with zero attached hydrogens (tertiary/aromatic N) is 4. The van der Waals surface area contributed by atoms with Crippen LogP contribution in [0.1, 0.15) is 32.9 Å². The number of rotatable bonds is 7. The van der Waals surface area contributed by atoms with Gasteiger partial charge in [0.25, 0.3) is 5.91 Å². The fourth-order valence-corrected chi connectivity index (χ4v) is 3.67. The molecule has 0 radical (unpaired) electrons. The van der Waals surface area contributed by atoms with E-state index in [0.29, 0.717) is 12.1 Å². The molecule has 8 nitrogen and oxygen atoms in total. The summed E-state index contributed by atoms with van der Waals surface area (Å²) in [5.41, 5.74) is 5.37. The van der Waals surface area contributed by atoms with Crippen LogP contribution in [-0.4, -0.2) is 31.1 Å². The van der Waals surface area contributed by atoms with Gasteiger partial charge in [-0.3, -0.25) is 14.9 Å². The highest BCUT2D eigenvalue weighted by Crippen LogP contribution is 2.22. The zero-order chi connectivity index (χ0) is 23.4. The van der Waals surface area contributed by atoms with Crippen molar-refractivity contribution >= 4 is 17.8 Å². The number of nitrogens with one attached hydrogen (secondary N) is 2. The Morgan fingerprint density at radius 2 is 1.67 bits per heavy atom. The maximum absolute atomic E-state index is 13.1. The molecule has 0 spiro atoms. The lowest BCUT2D eigenvalue weighted by Crippen LogP contribution is -2.27. The summed E-state index contributed by atoms with van der Waals surface area (Å²) >= 11 is 0. The van der Waals surface area contributed by atoms with Crippen LogP contribution in [0.3, 0.4) is 0 Å². The van der Waals surface area contributed by atoms with E-state index >= 15 is 0 Å². The van der Waals surface area contributed by atoms with Gasteiger partial charge < -0.3 is 9.88 Å². The molecular weight excluding hydrogens is 416 g/mol. The van der Waals surface area contributed by atoms with E-state index in [0.717, 1.165) is 28.2 Å². The lowest BCUT2D eigenvalue weighted by Gasteiger charge is -2.15. The number of aromatic nitrogens is 4. The van der Waals surface area contributed by atoms with E-state index in [1.54, 1.807) is 0 Å². The number of hydrogen-bond acceptors (Lipinski definition) is 4. The van der Waals surface area contributed by atoms with Crippen LogP contribution >= 0.6 is 0 Å². The quantitative estimate of drug-likeness (QED) is 0.458. The standard InChI is InChI=1S/C25H26N6O2/c1-17-9-12-22(31-18(2)10-11-19(31)3)21(13-17)24(33)28-25-27-16-30(29-25)15-23(32)26-14-20-7-5-4-6-8-20/h4-13,16H,14-15H2,1-3H3,(H,26,32)(H,28,29,33). The van der Waals surface area contributed by atoms with Gasteiger partial charge in [-0.25, -0.2) is 9.67 Å². The Labute approximate surface area is 192 Å². The smallest absolute Gasteiger partial charge is 0.260 e. The second-order valence-electron chi connectivity index (χ2n) is 7.95. The SMILES string of the molecule is Cc1ccc(-n2c(C)ccc2C)c(C(=O)Nc2ncn(CC(=O)NCc3ccccc3)n2)c1. The van der Waals surface area contributed by atoms with Gasteiger partial charge >= 0.3 is 0 Å². The predicted octanol–water partition coefficient (Wildman–Crippen LogP) is 3.56. The van der Waals surface area contributed by atoms with Crippen molar-refractivity contribution < 1.29 is 9.59 Å². The number of carbonyl (C=O) groups excluding carboxylic acids is 2. The summed E-state index contributed by atoms with van der Waals surface area (Å²) in [5.74, 6) is -0.363. The second-order valence-corrected chi connectivity index (χ2v) is 7.95. The summed E-state index contributed by atoms with van der Waals surface area (Å²) in [6.07, 6.45) is 1.43. The number of hydrogen-bond donors (Lipinski definition) is 2. The van der Waals surface area contributed by atoms with Crippen LogP contribution in [0.15, 0.2) is 67.0 Å². The molecule has 0 fully saturated rings. The molecule has 4 aromatic rings. The molecule has 33 heavy (non-hydrogen) atoms. The van der Waals surface area contributed by atoms with Crippen molar-refractivity contribution in [1.82, 2.24) is 24.6 Å². The van der Waals surface area contributed by atoms with E-state index < -0.39 is 0 Å². The largest absolute Gasteiger partial charge is 0.350 e. The topological polar surface area (TPSA) is 93.8 Å². The van der Waals surface area contributed by atoms with Crippen LogP contribution < -0.4 is 10.6 Å². The fraction of sp³-hybridized carbons (Fsp3) is 0.200. The first-order chi connectivity index (χ1) is 15.9. The van der Waals surface area contributed by atoms with Crippen LogP contribution in [0.2, 0.25) is 0 Å². The summed E-state index contributed by atoms with van der Waals surface area (Å²) < 4.78 is 3.44. The van der Waals surface area contributed by atoms with Crippen molar-refractivity contribution in [3.05, 3.63) is 95.1 Å². The molecular formula is C25H26N6O2. The third-order valence-corrected chi connectivity index (χ3v) is 5.31. The Bertz CT molecular complexity index is 1270. The third-order valence-electron chi connectivity index (χ3n) is 5.31. The van der Waals surface area contributed by atoms with E-state index in [1.807, 2.05) is 86.0 Å². The monoisotopic (exact) mass is 442 g/mol. The van der Waals surface area contributed by atoms with Crippen molar-refractivity contribution in [2.75, 3.05) is 5.32 Å². The molecule has 8 heteroatoms. The molecule has 0 saturated carbocycles. The summed E-state index contributed by atoms with van der Waals surface area (Å²) in [6.45, 7) is 6.39. The van der Waals surface area contributed by atoms with Gasteiger partial charge in [0.05, 0.1) is 11.3 Å².